The molecule has 2 aromatic carbocycles. The van der Waals surface area contributed by atoms with E-state index >= 15 is 0 Å². The van der Waals surface area contributed by atoms with Crippen LogP contribution in [-0.2, 0) is 16.0 Å². The molecule has 1 aliphatic heterocycles. The third-order valence-corrected chi connectivity index (χ3v) is 4.82. The van der Waals surface area contributed by atoms with E-state index in [-0.39, 0.29) is 12.8 Å². The average Bonchev–Trinajstić information content (AvgIpc) is 2.91. The number of benzene rings is 2. The number of nitrogens with zero attached hydrogens (tertiary/aromatic N) is 1. The summed E-state index contributed by atoms with van der Waals surface area (Å²) in [5.41, 5.74) is 2.40. The monoisotopic (exact) mass is 394 g/mol. The van der Waals surface area contributed by atoms with E-state index in [0.29, 0.717) is 17.5 Å². The average molecular weight is 394 g/mol. The highest BCUT2D eigenvalue weighted by Gasteiger charge is 2.36. The zero-order chi connectivity index (χ0) is 21.0. The van der Waals surface area contributed by atoms with Gasteiger partial charge in [0.15, 0.2) is 0 Å². The topological polar surface area (TPSA) is 104 Å². The van der Waals surface area contributed by atoms with Crippen LogP contribution < -0.4 is 5.32 Å². The summed E-state index contributed by atoms with van der Waals surface area (Å²) in [4.78, 5) is 49.5. The molecule has 0 saturated carbocycles. The number of hydrogen-bond acceptors (Lipinski definition) is 4. The van der Waals surface area contributed by atoms with Crippen LogP contribution in [0.4, 0.5) is 0 Å². The van der Waals surface area contributed by atoms with E-state index in [9.17, 15) is 19.2 Å². The quantitative estimate of drug-likeness (QED) is 0.668. The Balaban J connectivity index is 1.67. The van der Waals surface area contributed by atoms with Gasteiger partial charge in [-0.1, -0.05) is 42.0 Å². The van der Waals surface area contributed by atoms with Crippen LogP contribution in [0.15, 0.2) is 48.5 Å². The molecule has 0 aliphatic carbocycles. The molecule has 3 rings (SSSR count). The van der Waals surface area contributed by atoms with Gasteiger partial charge in [0.1, 0.15) is 6.54 Å². The minimum absolute atomic E-state index is 0.0932. The number of hydrogen-bond donors (Lipinski definition) is 2. The molecule has 1 aliphatic rings. The number of rotatable bonds is 8. The number of amides is 3. The minimum atomic E-state index is -0.951. The number of fused-ring (bicyclic) bond motifs is 1. The molecule has 7 heteroatoms. The van der Waals surface area contributed by atoms with Crippen molar-refractivity contribution in [3.8, 4) is 0 Å². The van der Waals surface area contributed by atoms with E-state index in [1.807, 2.05) is 37.3 Å². The Hall–Kier alpha value is -3.48. The van der Waals surface area contributed by atoms with Gasteiger partial charge in [0.05, 0.1) is 11.1 Å². The molecular formula is C22H22N2O5. The van der Waals surface area contributed by atoms with Crippen molar-refractivity contribution in [2.24, 2.45) is 0 Å². The van der Waals surface area contributed by atoms with Crippen LogP contribution >= 0.6 is 0 Å². The zero-order valence-electron chi connectivity index (χ0n) is 16.1. The number of carbonyl (C=O) groups excluding carboxylic acids is 3. The molecule has 2 aromatic rings. The SMILES string of the molecule is Cc1ccc2c(c1)C(=O)N(CC(=O)NC(CCC(=O)O)Cc1ccccc1)C2=O. The first-order valence-electron chi connectivity index (χ1n) is 9.37. The van der Waals surface area contributed by atoms with Crippen molar-refractivity contribution in [3.63, 3.8) is 0 Å². The molecule has 0 fully saturated rings. The molecule has 7 nitrogen and oxygen atoms in total. The Morgan fingerprint density at radius 2 is 1.72 bits per heavy atom. The summed E-state index contributed by atoms with van der Waals surface area (Å²) in [6.07, 6.45) is 0.614. The van der Waals surface area contributed by atoms with Crippen LogP contribution in [0.5, 0.6) is 0 Å². The molecule has 3 amide bonds. The fraction of sp³-hybridized carbons (Fsp3) is 0.273. The summed E-state index contributed by atoms with van der Waals surface area (Å²) in [5, 5.41) is 11.8. The van der Waals surface area contributed by atoms with Gasteiger partial charge in [0, 0.05) is 12.5 Å². The molecule has 29 heavy (non-hydrogen) atoms. The van der Waals surface area contributed by atoms with Crippen LogP contribution in [0.3, 0.4) is 0 Å². The zero-order valence-corrected chi connectivity index (χ0v) is 16.1. The van der Waals surface area contributed by atoms with Crippen molar-refractivity contribution in [2.75, 3.05) is 6.54 Å². The van der Waals surface area contributed by atoms with E-state index in [1.165, 1.54) is 0 Å². The molecule has 1 heterocycles. The Bertz CT molecular complexity index is 955. The van der Waals surface area contributed by atoms with E-state index in [0.717, 1.165) is 16.0 Å². The van der Waals surface area contributed by atoms with Crippen LogP contribution in [0.2, 0.25) is 0 Å². The van der Waals surface area contributed by atoms with E-state index in [4.69, 9.17) is 5.11 Å². The first-order chi connectivity index (χ1) is 13.8. The van der Waals surface area contributed by atoms with Crippen LogP contribution in [-0.4, -0.2) is 46.3 Å². The van der Waals surface area contributed by atoms with Gasteiger partial charge in [-0.05, 0) is 37.5 Å². The van der Waals surface area contributed by atoms with Crippen molar-refractivity contribution in [1.82, 2.24) is 10.2 Å². The maximum atomic E-state index is 12.5. The first kappa shape index (κ1) is 20.3. The summed E-state index contributed by atoms with van der Waals surface area (Å²) in [6, 6.07) is 14.0. The number of carbonyl (C=O) groups is 4. The van der Waals surface area contributed by atoms with E-state index in [1.54, 1.807) is 18.2 Å². The van der Waals surface area contributed by atoms with Crippen LogP contribution in [0.25, 0.3) is 0 Å². The fourth-order valence-corrected chi connectivity index (χ4v) is 3.39. The molecule has 2 N–H and O–H groups in total. The third kappa shape index (κ3) is 4.87. The third-order valence-electron chi connectivity index (χ3n) is 4.82. The largest absolute Gasteiger partial charge is 0.481 e. The van der Waals surface area contributed by atoms with Gasteiger partial charge in [-0.2, -0.15) is 0 Å². The second-order valence-corrected chi connectivity index (χ2v) is 7.13. The Morgan fingerprint density at radius 1 is 1.03 bits per heavy atom. The van der Waals surface area contributed by atoms with Crippen molar-refractivity contribution in [1.29, 1.82) is 0 Å². The van der Waals surface area contributed by atoms with Gasteiger partial charge in [-0.25, -0.2) is 0 Å². The molecule has 1 atom stereocenters. The second-order valence-electron chi connectivity index (χ2n) is 7.13. The lowest BCUT2D eigenvalue weighted by molar-refractivity contribution is -0.137. The number of nitrogens with one attached hydrogen (secondary N) is 1. The molecule has 0 spiro atoms. The highest BCUT2D eigenvalue weighted by molar-refractivity contribution is 6.22. The summed E-state index contributed by atoms with van der Waals surface area (Å²) in [7, 11) is 0. The predicted molar refractivity (Wildman–Crippen MR) is 105 cm³/mol. The summed E-state index contributed by atoms with van der Waals surface area (Å²) >= 11 is 0. The highest BCUT2D eigenvalue weighted by Crippen LogP contribution is 2.23. The first-order valence-corrected chi connectivity index (χ1v) is 9.37. The van der Waals surface area contributed by atoms with E-state index in [2.05, 4.69) is 5.32 Å². The standard InChI is InChI=1S/C22H22N2O5/c1-14-7-9-17-18(11-14)22(29)24(21(17)28)13-19(25)23-16(8-10-20(26)27)12-15-5-3-2-4-6-15/h2-7,9,11,16H,8,10,12-13H2,1H3,(H,23,25)(H,26,27). The number of imide groups is 1. The number of carboxylic acids is 1. The second kappa shape index (κ2) is 8.68. The van der Waals surface area contributed by atoms with Crippen molar-refractivity contribution in [2.45, 2.75) is 32.2 Å². The van der Waals surface area contributed by atoms with Crippen LogP contribution in [0, 0.1) is 6.92 Å². The molecular weight excluding hydrogens is 372 g/mol. The summed E-state index contributed by atoms with van der Waals surface area (Å²) in [6.45, 7) is 1.42. The summed E-state index contributed by atoms with van der Waals surface area (Å²) < 4.78 is 0. The van der Waals surface area contributed by atoms with Crippen molar-refractivity contribution >= 4 is 23.7 Å². The smallest absolute Gasteiger partial charge is 0.303 e. The number of carboxylic acid groups (broad SMARTS) is 1. The van der Waals surface area contributed by atoms with Gasteiger partial charge in [-0.3, -0.25) is 24.1 Å². The minimum Gasteiger partial charge on any atom is -0.481 e. The van der Waals surface area contributed by atoms with Gasteiger partial charge < -0.3 is 10.4 Å². The lowest BCUT2D eigenvalue weighted by atomic mass is 10.0. The fourth-order valence-electron chi connectivity index (χ4n) is 3.39. The van der Waals surface area contributed by atoms with Gasteiger partial charge in [0.25, 0.3) is 11.8 Å². The highest BCUT2D eigenvalue weighted by atomic mass is 16.4. The Morgan fingerprint density at radius 3 is 2.41 bits per heavy atom. The number of aliphatic carboxylic acids is 1. The Kier molecular flexibility index (Phi) is 6.07. The van der Waals surface area contributed by atoms with Gasteiger partial charge >= 0.3 is 5.97 Å². The van der Waals surface area contributed by atoms with Gasteiger partial charge in [0.2, 0.25) is 5.91 Å². The number of aryl methyl sites for hydroxylation is 1. The van der Waals surface area contributed by atoms with Crippen molar-refractivity contribution in [3.05, 3.63) is 70.8 Å². The molecule has 150 valence electrons. The lowest BCUT2D eigenvalue weighted by Crippen LogP contribution is -2.45. The Labute approximate surface area is 168 Å². The lowest BCUT2D eigenvalue weighted by Gasteiger charge is -2.20. The van der Waals surface area contributed by atoms with Gasteiger partial charge in [-0.15, -0.1) is 0 Å². The van der Waals surface area contributed by atoms with Crippen molar-refractivity contribution < 1.29 is 24.3 Å². The normalized spacial score (nSPS) is 13.9. The molecule has 1 unspecified atom stereocenters. The molecule has 0 saturated heterocycles. The van der Waals surface area contributed by atoms with E-state index < -0.39 is 36.3 Å². The predicted octanol–water partition coefficient (Wildman–Crippen LogP) is 2.18. The molecule has 0 aromatic heterocycles. The van der Waals surface area contributed by atoms with Crippen LogP contribution in [0.1, 0.15) is 44.7 Å². The molecule has 0 bridgehead atoms. The molecule has 0 radical (unpaired) electrons. The maximum absolute atomic E-state index is 12.5. The summed E-state index contributed by atoms with van der Waals surface area (Å²) in [5.74, 6) is -2.44. The maximum Gasteiger partial charge on any atom is 0.303 e.